The molecular formula is C16H11N3O. The highest BCUT2D eigenvalue weighted by Gasteiger charge is 2.06. The molecule has 0 fully saturated rings. The predicted octanol–water partition coefficient (Wildman–Crippen LogP) is 2.77. The van der Waals surface area contributed by atoms with Crippen LogP contribution in [0, 0.1) is 11.3 Å². The summed E-state index contributed by atoms with van der Waals surface area (Å²) in [6.07, 6.45) is 4.44. The highest BCUT2D eigenvalue weighted by molar-refractivity contribution is 5.96. The number of nitrogens with zero attached hydrogens (tertiary/aromatic N) is 3. The molecule has 0 atom stereocenters. The first kappa shape index (κ1) is 12.1. The molecule has 20 heavy (non-hydrogen) atoms. The summed E-state index contributed by atoms with van der Waals surface area (Å²) in [6, 6.07) is 13.3. The van der Waals surface area contributed by atoms with Crippen LogP contribution in [0.3, 0.4) is 0 Å². The summed E-state index contributed by atoms with van der Waals surface area (Å²) in [5.41, 5.74) is 2.96. The van der Waals surface area contributed by atoms with Crippen molar-refractivity contribution in [2.75, 3.05) is 0 Å². The van der Waals surface area contributed by atoms with Gasteiger partial charge in [0, 0.05) is 29.9 Å². The Morgan fingerprint density at radius 1 is 1.30 bits per heavy atom. The van der Waals surface area contributed by atoms with Gasteiger partial charge in [0.1, 0.15) is 11.8 Å². The van der Waals surface area contributed by atoms with Crippen molar-refractivity contribution in [3.63, 3.8) is 0 Å². The lowest BCUT2D eigenvalue weighted by Crippen LogP contribution is -2.00. The molecule has 2 aromatic heterocycles. The predicted molar refractivity (Wildman–Crippen MR) is 75.4 cm³/mol. The number of carbonyl (C=O) groups excluding carboxylic acids is 1. The Labute approximate surface area is 115 Å². The normalized spacial score (nSPS) is 10.3. The fraction of sp³-hybridized carbons (Fsp3) is 0.0625. The van der Waals surface area contributed by atoms with Gasteiger partial charge >= 0.3 is 0 Å². The van der Waals surface area contributed by atoms with E-state index < -0.39 is 0 Å². The summed E-state index contributed by atoms with van der Waals surface area (Å²) >= 11 is 0. The Bertz CT molecular complexity index is 827. The minimum absolute atomic E-state index is 0.398. The zero-order valence-electron chi connectivity index (χ0n) is 10.7. The molecule has 0 unspecified atom stereocenters. The van der Waals surface area contributed by atoms with Gasteiger partial charge in [0.25, 0.3) is 0 Å². The quantitative estimate of drug-likeness (QED) is 0.681. The van der Waals surface area contributed by atoms with E-state index >= 15 is 0 Å². The van der Waals surface area contributed by atoms with Crippen molar-refractivity contribution in [2.45, 2.75) is 6.54 Å². The second-order valence-corrected chi connectivity index (χ2v) is 4.51. The zero-order valence-corrected chi connectivity index (χ0v) is 10.7. The molecule has 0 aliphatic rings. The number of hydrogen-bond acceptors (Lipinski definition) is 3. The number of carbonyl (C=O) groups is 1. The third-order valence-corrected chi connectivity index (χ3v) is 3.24. The summed E-state index contributed by atoms with van der Waals surface area (Å²) < 4.78 is 2.01. The zero-order chi connectivity index (χ0) is 13.9. The van der Waals surface area contributed by atoms with E-state index in [1.165, 1.54) is 0 Å². The average Bonchev–Trinajstić information content (AvgIpc) is 2.90. The molecule has 0 N–H and O–H groups in total. The molecule has 4 heteroatoms. The van der Waals surface area contributed by atoms with Gasteiger partial charge in [-0.25, -0.2) is 4.98 Å². The molecule has 0 radical (unpaired) electrons. The topological polar surface area (TPSA) is 58.7 Å². The van der Waals surface area contributed by atoms with Crippen molar-refractivity contribution in [3.05, 3.63) is 65.6 Å². The van der Waals surface area contributed by atoms with E-state index in [9.17, 15) is 4.79 Å². The average molecular weight is 261 g/mol. The van der Waals surface area contributed by atoms with Crippen molar-refractivity contribution < 1.29 is 4.79 Å². The number of para-hydroxylation sites is 1. The minimum atomic E-state index is 0.398. The van der Waals surface area contributed by atoms with Gasteiger partial charge in [-0.15, -0.1) is 0 Å². The van der Waals surface area contributed by atoms with Gasteiger partial charge < -0.3 is 4.57 Å². The summed E-state index contributed by atoms with van der Waals surface area (Å²) in [6.45, 7) is 0.603. The van der Waals surface area contributed by atoms with Crippen molar-refractivity contribution in [1.29, 1.82) is 5.26 Å². The molecule has 0 amide bonds. The molecule has 0 saturated carbocycles. The lowest BCUT2D eigenvalue weighted by Gasteiger charge is -2.07. The van der Waals surface area contributed by atoms with Gasteiger partial charge in [-0.3, -0.25) is 4.79 Å². The molecule has 0 saturated heterocycles. The third-order valence-electron chi connectivity index (χ3n) is 3.24. The van der Waals surface area contributed by atoms with Crippen LogP contribution in [0.15, 0.2) is 48.8 Å². The molecule has 96 valence electrons. The van der Waals surface area contributed by atoms with Gasteiger partial charge in [0.2, 0.25) is 0 Å². The van der Waals surface area contributed by atoms with Crippen LogP contribution in [0.5, 0.6) is 0 Å². The van der Waals surface area contributed by atoms with Crippen molar-refractivity contribution in [3.8, 4) is 6.07 Å². The van der Waals surface area contributed by atoms with Gasteiger partial charge in [-0.2, -0.15) is 5.26 Å². The van der Waals surface area contributed by atoms with E-state index in [4.69, 9.17) is 5.26 Å². The maximum Gasteiger partial charge on any atom is 0.152 e. The Balaban J connectivity index is 2.07. The number of nitriles is 1. The second-order valence-electron chi connectivity index (χ2n) is 4.51. The van der Waals surface area contributed by atoms with Gasteiger partial charge in [0.05, 0.1) is 5.52 Å². The number of aromatic nitrogens is 2. The van der Waals surface area contributed by atoms with Crippen LogP contribution in [-0.4, -0.2) is 15.8 Å². The van der Waals surface area contributed by atoms with Crippen molar-refractivity contribution in [2.24, 2.45) is 0 Å². The highest BCUT2D eigenvalue weighted by atomic mass is 16.1. The molecule has 1 aromatic carbocycles. The van der Waals surface area contributed by atoms with E-state index in [-0.39, 0.29) is 0 Å². The molecule has 0 aliphatic heterocycles. The largest absolute Gasteiger partial charge is 0.342 e. The molecule has 0 spiro atoms. The number of fused-ring (bicyclic) bond motifs is 1. The molecule has 3 rings (SSSR count). The summed E-state index contributed by atoms with van der Waals surface area (Å²) in [5, 5.41) is 9.91. The number of hydrogen-bond donors (Lipinski definition) is 0. The Morgan fingerprint density at radius 3 is 3.00 bits per heavy atom. The molecule has 4 nitrogen and oxygen atoms in total. The first-order chi connectivity index (χ1) is 9.81. The van der Waals surface area contributed by atoms with Crippen LogP contribution in [0.25, 0.3) is 10.9 Å². The standard InChI is InChI=1S/C16H11N3O/c17-9-15-8-12(4-6-18-15)10-19-7-5-13-2-1-3-14(11-20)16(13)19/h1-8,11H,10H2. The molecular weight excluding hydrogens is 250 g/mol. The maximum absolute atomic E-state index is 11.2. The van der Waals surface area contributed by atoms with Crippen LogP contribution in [0.2, 0.25) is 0 Å². The fourth-order valence-corrected chi connectivity index (χ4v) is 2.35. The summed E-state index contributed by atoms with van der Waals surface area (Å²) in [5.74, 6) is 0. The molecule has 0 aliphatic carbocycles. The van der Waals surface area contributed by atoms with E-state index in [1.807, 2.05) is 41.1 Å². The minimum Gasteiger partial charge on any atom is -0.342 e. The van der Waals surface area contributed by atoms with Crippen LogP contribution in [-0.2, 0) is 6.54 Å². The number of benzene rings is 1. The van der Waals surface area contributed by atoms with Gasteiger partial charge in [0.15, 0.2) is 6.29 Å². The first-order valence-corrected chi connectivity index (χ1v) is 6.20. The van der Waals surface area contributed by atoms with Crippen LogP contribution in [0.1, 0.15) is 21.6 Å². The van der Waals surface area contributed by atoms with Gasteiger partial charge in [-0.1, -0.05) is 12.1 Å². The summed E-state index contributed by atoms with van der Waals surface area (Å²) in [4.78, 5) is 15.1. The Morgan fingerprint density at radius 2 is 2.20 bits per heavy atom. The van der Waals surface area contributed by atoms with Crippen LogP contribution >= 0.6 is 0 Å². The van der Waals surface area contributed by atoms with Gasteiger partial charge in [-0.05, 0) is 29.8 Å². The van der Waals surface area contributed by atoms with Crippen LogP contribution in [0.4, 0.5) is 0 Å². The lowest BCUT2D eigenvalue weighted by molar-refractivity contribution is 0.112. The molecule has 2 heterocycles. The fourth-order valence-electron chi connectivity index (χ4n) is 2.35. The number of aldehydes is 1. The second kappa shape index (κ2) is 4.98. The lowest BCUT2D eigenvalue weighted by atomic mass is 10.1. The van der Waals surface area contributed by atoms with Crippen molar-refractivity contribution >= 4 is 17.2 Å². The Kier molecular flexibility index (Phi) is 3.02. The maximum atomic E-state index is 11.2. The monoisotopic (exact) mass is 261 g/mol. The molecule has 0 bridgehead atoms. The van der Waals surface area contributed by atoms with Crippen molar-refractivity contribution in [1.82, 2.24) is 9.55 Å². The van der Waals surface area contributed by atoms with E-state index in [0.29, 0.717) is 17.8 Å². The smallest absolute Gasteiger partial charge is 0.152 e. The SMILES string of the molecule is N#Cc1cc(Cn2ccc3cccc(C=O)c32)ccn1. The van der Waals surface area contributed by atoms with E-state index in [2.05, 4.69) is 4.98 Å². The third kappa shape index (κ3) is 2.06. The van der Waals surface area contributed by atoms with E-state index in [1.54, 1.807) is 18.3 Å². The molecule has 3 aromatic rings. The Hall–Kier alpha value is -2.93. The first-order valence-electron chi connectivity index (χ1n) is 6.20. The highest BCUT2D eigenvalue weighted by Crippen LogP contribution is 2.20. The van der Waals surface area contributed by atoms with E-state index in [0.717, 1.165) is 22.8 Å². The summed E-state index contributed by atoms with van der Waals surface area (Å²) in [7, 11) is 0. The number of pyridine rings is 1. The van der Waals surface area contributed by atoms with Crippen LogP contribution < -0.4 is 0 Å². The number of rotatable bonds is 3.